The van der Waals surface area contributed by atoms with Crippen LogP contribution in [0.5, 0.6) is 0 Å². The molecule has 0 unspecified atom stereocenters. The van der Waals surface area contributed by atoms with Gasteiger partial charge in [0.25, 0.3) is 5.69 Å². The largest absolute Gasteiger partial charge is 0.311 e. The summed E-state index contributed by atoms with van der Waals surface area (Å²) < 4.78 is 1.41. The maximum atomic E-state index is 10.7. The topological polar surface area (TPSA) is 85.9 Å². The molecule has 0 aliphatic rings. The molecule has 0 aliphatic carbocycles. The van der Waals surface area contributed by atoms with E-state index in [0.717, 1.165) is 18.7 Å². The molecule has 7 nitrogen and oxygen atoms in total. The smallest absolute Gasteiger partial charge is 0.272 e. The van der Waals surface area contributed by atoms with E-state index in [2.05, 4.69) is 22.6 Å². The normalized spacial score (nSPS) is 10.8. The Kier molecular flexibility index (Phi) is 5.11. The van der Waals surface area contributed by atoms with E-state index < -0.39 is 4.92 Å². The van der Waals surface area contributed by atoms with E-state index in [1.165, 1.54) is 16.8 Å². The molecule has 1 aromatic heterocycles. The molecule has 0 aliphatic heterocycles. The average molecular weight is 330 g/mol. The van der Waals surface area contributed by atoms with E-state index in [9.17, 15) is 10.1 Å². The molecule has 0 fully saturated rings. The summed E-state index contributed by atoms with van der Waals surface area (Å²) in [6.07, 6.45) is 2.70. The lowest BCUT2D eigenvalue weighted by Crippen LogP contribution is -2.13. The van der Waals surface area contributed by atoms with Crippen molar-refractivity contribution in [3.8, 4) is 5.69 Å². The van der Waals surface area contributed by atoms with Crippen LogP contribution >= 0.6 is 23.2 Å². The second kappa shape index (κ2) is 6.84. The summed E-state index contributed by atoms with van der Waals surface area (Å²) >= 11 is 12.1. The summed E-state index contributed by atoms with van der Waals surface area (Å²) in [5, 5.41) is 22.2. The molecule has 112 valence electrons. The first-order chi connectivity index (χ1) is 10.0. The van der Waals surface area contributed by atoms with Crippen molar-refractivity contribution < 1.29 is 4.92 Å². The first-order valence-corrected chi connectivity index (χ1v) is 7.04. The van der Waals surface area contributed by atoms with Crippen LogP contribution in [0, 0.1) is 10.1 Å². The van der Waals surface area contributed by atoms with Gasteiger partial charge in [-0.25, -0.2) is 4.68 Å². The summed E-state index contributed by atoms with van der Waals surface area (Å²) in [6, 6.07) is 2.47. The Labute approximate surface area is 131 Å². The minimum absolute atomic E-state index is 0.146. The monoisotopic (exact) mass is 329 g/mol. The molecule has 0 saturated carbocycles. The van der Waals surface area contributed by atoms with E-state index in [1.54, 1.807) is 6.20 Å². The molecule has 0 atom stereocenters. The SMILES string of the molecule is CCCNCc1cn(-c2c(Cl)cc([N+](=O)[O-])cc2Cl)nn1. The maximum absolute atomic E-state index is 10.7. The second-order valence-electron chi connectivity index (χ2n) is 4.35. The van der Waals surface area contributed by atoms with Gasteiger partial charge in [-0.1, -0.05) is 35.3 Å². The van der Waals surface area contributed by atoms with Gasteiger partial charge < -0.3 is 5.32 Å². The molecule has 1 N–H and O–H groups in total. The van der Waals surface area contributed by atoms with Crippen LogP contribution in [0.15, 0.2) is 18.3 Å². The number of nitro groups is 1. The summed E-state index contributed by atoms with van der Waals surface area (Å²) in [7, 11) is 0. The van der Waals surface area contributed by atoms with Gasteiger partial charge in [0.05, 0.1) is 26.9 Å². The van der Waals surface area contributed by atoms with Gasteiger partial charge in [-0.15, -0.1) is 5.10 Å². The van der Waals surface area contributed by atoms with Crippen molar-refractivity contribution in [3.05, 3.63) is 44.2 Å². The fraction of sp³-hybridized carbons (Fsp3) is 0.333. The van der Waals surface area contributed by atoms with E-state index in [4.69, 9.17) is 23.2 Å². The van der Waals surface area contributed by atoms with E-state index in [1.807, 2.05) is 0 Å². The molecular formula is C12H13Cl2N5O2. The highest BCUT2D eigenvalue weighted by Crippen LogP contribution is 2.32. The van der Waals surface area contributed by atoms with Crippen molar-refractivity contribution in [1.82, 2.24) is 20.3 Å². The molecular weight excluding hydrogens is 317 g/mol. The number of nitro benzene ring substituents is 1. The number of non-ortho nitro benzene ring substituents is 1. The highest BCUT2D eigenvalue weighted by molar-refractivity contribution is 6.38. The third-order valence-electron chi connectivity index (χ3n) is 2.72. The summed E-state index contributed by atoms with van der Waals surface area (Å²) in [5.74, 6) is 0. The molecule has 0 bridgehead atoms. The van der Waals surface area contributed by atoms with Crippen LogP contribution in [0.25, 0.3) is 5.69 Å². The molecule has 0 radical (unpaired) electrons. The van der Waals surface area contributed by atoms with Gasteiger partial charge in [-0.05, 0) is 13.0 Å². The van der Waals surface area contributed by atoms with Gasteiger partial charge in [-0.2, -0.15) is 0 Å². The van der Waals surface area contributed by atoms with Gasteiger partial charge in [0.15, 0.2) is 0 Å². The standard InChI is InChI=1S/C12H13Cl2N5O2/c1-2-3-15-6-8-7-18(17-16-8)12-10(13)4-9(19(20)21)5-11(12)14/h4-5,7,15H,2-3,6H2,1H3. The van der Waals surface area contributed by atoms with Crippen molar-refractivity contribution in [2.75, 3.05) is 6.54 Å². The number of aromatic nitrogens is 3. The third kappa shape index (κ3) is 3.69. The van der Waals surface area contributed by atoms with Crippen molar-refractivity contribution in [2.24, 2.45) is 0 Å². The lowest BCUT2D eigenvalue weighted by molar-refractivity contribution is -0.384. The Balaban J connectivity index is 2.28. The van der Waals surface area contributed by atoms with Crippen LogP contribution in [-0.2, 0) is 6.54 Å². The molecule has 0 amide bonds. The fourth-order valence-corrected chi connectivity index (χ4v) is 2.41. The van der Waals surface area contributed by atoms with Crippen molar-refractivity contribution in [3.63, 3.8) is 0 Å². The number of nitrogens with one attached hydrogen (secondary N) is 1. The summed E-state index contributed by atoms with van der Waals surface area (Å²) in [4.78, 5) is 10.2. The van der Waals surface area contributed by atoms with Crippen LogP contribution in [0.3, 0.4) is 0 Å². The molecule has 2 aromatic rings. The molecule has 1 heterocycles. The van der Waals surface area contributed by atoms with E-state index in [0.29, 0.717) is 12.2 Å². The Morgan fingerprint density at radius 3 is 2.62 bits per heavy atom. The number of rotatable bonds is 6. The number of benzene rings is 1. The second-order valence-corrected chi connectivity index (χ2v) is 5.16. The van der Waals surface area contributed by atoms with Gasteiger partial charge in [0.1, 0.15) is 5.69 Å². The van der Waals surface area contributed by atoms with Crippen LogP contribution < -0.4 is 5.32 Å². The van der Waals surface area contributed by atoms with Crippen LogP contribution in [-0.4, -0.2) is 26.5 Å². The Bertz CT molecular complexity index is 636. The summed E-state index contributed by atoms with van der Waals surface area (Å²) in [6.45, 7) is 3.53. The highest BCUT2D eigenvalue weighted by atomic mass is 35.5. The van der Waals surface area contributed by atoms with Crippen molar-refractivity contribution in [1.29, 1.82) is 0 Å². The van der Waals surface area contributed by atoms with E-state index >= 15 is 0 Å². The minimum atomic E-state index is -0.553. The van der Waals surface area contributed by atoms with Crippen LogP contribution in [0.2, 0.25) is 10.0 Å². The molecule has 21 heavy (non-hydrogen) atoms. The average Bonchev–Trinajstić information content (AvgIpc) is 2.86. The molecule has 0 spiro atoms. The minimum Gasteiger partial charge on any atom is -0.311 e. The predicted octanol–water partition coefficient (Wildman–Crippen LogP) is 2.98. The number of hydrogen-bond acceptors (Lipinski definition) is 5. The molecule has 1 aromatic carbocycles. The molecule has 0 saturated heterocycles. The Hall–Kier alpha value is -1.70. The van der Waals surface area contributed by atoms with Gasteiger partial charge in [0, 0.05) is 18.7 Å². The Morgan fingerprint density at radius 2 is 2.05 bits per heavy atom. The Morgan fingerprint density at radius 1 is 1.38 bits per heavy atom. The maximum Gasteiger partial charge on any atom is 0.272 e. The number of halogens is 2. The predicted molar refractivity (Wildman–Crippen MR) is 80.0 cm³/mol. The molecule has 2 rings (SSSR count). The van der Waals surface area contributed by atoms with E-state index in [-0.39, 0.29) is 15.7 Å². The number of nitrogens with zero attached hydrogens (tertiary/aromatic N) is 4. The van der Waals surface area contributed by atoms with Crippen molar-refractivity contribution in [2.45, 2.75) is 19.9 Å². The van der Waals surface area contributed by atoms with Gasteiger partial charge in [0.2, 0.25) is 0 Å². The van der Waals surface area contributed by atoms with Crippen LogP contribution in [0.4, 0.5) is 5.69 Å². The summed E-state index contributed by atoms with van der Waals surface area (Å²) in [5.41, 5.74) is 0.936. The highest BCUT2D eigenvalue weighted by Gasteiger charge is 2.17. The zero-order chi connectivity index (χ0) is 15.4. The number of hydrogen-bond donors (Lipinski definition) is 1. The zero-order valence-corrected chi connectivity index (χ0v) is 12.7. The van der Waals surface area contributed by atoms with Gasteiger partial charge >= 0.3 is 0 Å². The molecule has 9 heteroatoms. The zero-order valence-electron chi connectivity index (χ0n) is 11.2. The third-order valence-corrected chi connectivity index (χ3v) is 3.29. The lowest BCUT2D eigenvalue weighted by Gasteiger charge is -2.05. The van der Waals surface area contributed by atoms with Crippen molar-refractivity contribution >= 4 is 28.9 Å². The lowest BCUT2D eigenvalue weighted by atomic mass is 10.3. The quantitative estimate of drug-likeness (QED) is 0.500. The fourth-order valence-electron chi connectivity index (χ4n) is 1.76. The first kappa shape index (κ1) is 15.7. The van der Waals surface area contributed by atoms with Gasteiger partial charge in [-0.3, -0.25) is 10.1 Å². The van der Waals surface area contributed by atoms with Crippen LogP contribution in [0.1, 0.15) is 19.0 Å². The first-order valence-electron chi connectivity index (χ1n) is 6.28.